The van der Waals surface area contributed by atoms with Crippen LogP contribution in [0.5, 0.6) is 0 Å². The summed E-state index contributed by atoms with van der Waals surface area (Å²) in [6.45, 7) is 0. The van der Waals surface area contributed by atoms with Gasteiger partial charge in [0.1, 0.15) is 5.75 Å². The van der Waals surface area contributed by atoms with Crippen LogP contribution in [0.15, 0.2) is 64.5 Å². The molecule has 0 saturated carbocycles. The lowest BCUT2D eigenvalue weighted by molar-refractivity contribution is 0.480. The number of rotatable bonds is 5. The highest BCUT2D eigenvalue weighted by Gasteiger charge is 2.30. The molecule has 0 unspecified atom stereocenters. The van der Waals surface area contributed by atoms with Gasteiger partial charge in [0.05, 0.1) is 10.7 Å². The number of hydrogen-bond donors (Lipinski definition) is 2. The average molecular weight is 554 g/mol. The third-order valence-electron chi connectivity index (χ3n) is 5.28. The van der Waals surface area contributed by atoms with Crippen LogP contribution in [-0.2, 0) is 26.0 Å². The van der Waals surface area contributed by atoms with E-state index in [1.54, 1.807) is 24.3 Å². The third-order valence-corrected chi connectivity index (χ3v) is 9.01. The molecule has 4 aromatic rings. The van der Waals surface area contributed by atoms with Gasteiger partial charge in [0.2, 0.25) is 0 Å². The molecule has 3 aromatic carbocycles. The Bertz CT molecular complexity index is 1710. The lowest BCUT2D eigenvalue weighted by Gasteiger charge is -2.18. The summed E-state index contributed by atoms with van der Waals surface area (Å²) in [5, 5.41) is 3.37. The van der Waals surface area contributed by atoms with Crippen molar-refractivity contribution in [3.05, 3.63) is 75.1 Å². The van der Waals surface area contributed by atoms with E-state index in [-0.39, 0.29) is 0 Å². The molecule has 1 aliphatic heterocycles. The molecule has 34 heavy (non-hydrogen) atoms. The highest BCUT2D eigenvalue weighted by atomic mass is 35.5. The van der Waals surface area contributed by atoms with Gasteiger partial charge in [0.25, 0.3) is 20.2 Å². The Kier molecular flexibility index (Phi) is 5.92. The molecule has 0 bridgehead atoms. The fourth-order valence-electron chi connectivity index (χ4n) is 3.98. The minimum Gasteiger partial charge on any atom is -0.317 e. The van der Waals surface area contributed by atoms with E-state index < -0.39 is 31.9 Å². The molecule has 12 heteroatoms. The molecule has 0 aliphatic carbocycles. The average Bonchev–Trinajstić information content (AvgIpc) is 3.24. The fourth-order valence-corrected chi connectivity index (χ4v) is 7.93. The Hall–Kier alpha value is -2.12. The van der Waals surface area contributed by atoms with Crippen LogP contribution in [0.4, 0.5) is 5.69 Å². The predicted molar refractivity (Wildman–Crippen MR) is 139 cm³/mol. The molecular weight excluding hydrogens is 538 g/mol. The lowest BCUT2D eigenvalue weighted by atomic mass is 10.0. The summed E-state index contributed by atoms with van der Waals surface area (Å²) < 4.78 is 67.5. The summed E-state index contributed by atoms with van der Waals surface area (Å²) in [6.07, 6.45) is 1.68. The van der Waals surface area contributed by atoms with Gasteiger partial charge in [-0.05, 0) is 46.7 Å². The first-order valence-electron chi connectivity index (χ1n) is 9.79. The number of hydrogen-bond acceptors (Lipinski definition) is 7. The van der Waals surface area contributed by atoms with Gasteiger partial charge in [-0.15, -0.1) is 11.3 Å². The molecule has 176 valence electrons. The van der Waals surface area contributed by atoms with Crippen molar-refractivity contribution in [2.75, 3.05) is 10.8 Å². The molecule has 1 aliphatic rings. The van der Waals surface area contributed by atoms with E-state index in [1.807, 2.05) is 36.4 Å². The highest BCUT2D eigenvalue weighted by Crippen LogP contribution is 2.49. The maximum absolute atomic E-state index is 11.9. The molecule has 0 spiro atoms. The second-order valence-corrected chi connectivity index (χ2v) is 13.1. The number of nitrogens with zero attached hydrogens (tertiary/aromatic N) is 1. The van der Waals surface area contributed by atoms with Crippen molar-refractivity contribution in [2.45, 2.75) is 10.6 Å². The first kappa shape index (κ1) is 23.6. The van der Waals surface area contributed by atoms with Crippen molar-refractivity contribution in [2.24, 2.45) is 0 Å². The van der Waals surface area contributed by atoms with Crippen LogP contribution in [0.1, 0.15) is 10.4 Å². The highest BCUT2D eigenvalue weighted by molar-refractivity contribution is 8.04. The molecular formula is C22H16ClNO6S4. The van der Waals surface area contributed by atoms with E-state index in [1.165, 1.54) is 28.0 Å². The van der Waals surface area contributed by atoms with Gasteiger partial charge in [-0.25, -0.2) is 0 Å². The second-order valence-electron chi connectivity index (χ2n) is 7.67. The van der Waals surface area contributed by atoms with E-state index in [4.69, 9.17) is 11.6 Å². The van der Waals surface area contributed by atoms with Crippen LogP contribution in [0.2, 0.25) is 5.02 Å². The Balaban J connectivity index is 1.74. The normalized spacial score (nSPS) is 15.5. The molecule has 2 N–H and O–H groups in total. The molecule has 0 atom stereocenters. The molecule has 0 amide bonds. The van der Waals surface area contributed by atoms with Crippen molar-refractivity contribution in [3.63, 3.8) is 0 Å². The van der Waals surface area contributed by atoms with E-state index >= 15 is 0 Å². The van der Waals surface area contributed by atoms with Gasteiger partial charge in [-0.2, -0.15) is 16.8 Å². The molecule has 1 aromatic heterocycles. The second kappa shape index (κ2) is 8.52. The number of benzene rings is 3. The van der Waals surface area contributed by atoms with Crippen LogP contribution in [0.25, 0.3) is 26.9 Å². The lowest BCUT2D eigenvalue weighted by Crippen LogP contribution is -2.25. The number of anilines is 1. The van der Waals surface area contributed by atoms with Crippen LogP contribution in [0, 0.1) is 0 Å². The van der Waals surface area contributed by atoms with Gasteiger partial charge in [-0.1, -0.05) is 53.7 Å². The van der Waals surface area contributed by atoms with Gasteiger partial charge in [0, 0.05) is 24.9 Å². The summed E-state index contributed by atoms with van der Waals surface area (Å²) in [7, 11) is -8.75. The Morgan fingerprint density at radius 3 is 2.47 bits per heavy atom. The van der Waals surface area contributed by atoms with Crippen LogP contribution >= 0.6 is 34.7 Å². The Labute approximate surface area is 209 Å². The first-order chi connectivity index (χ1) is 16.0. The number of fused-ring (bicyclic) bond motifs is 4. The largest absolute Gasteiger partial charge is 0.317 e. The van der Waals surface area contributed by atoms with Gasteiger partial charge < -0.3 is 4.90 Å². The number of halogens is 1. The van der Waals surface area contributed by atoms with Gasteiger partial charge >= 0.3 is 0 Å². The summed E-state index contributed by atoms with van der Waals surface area (Å²) in [5.41, 5.74) is 0.942. The summed E-state index contributed by atoms with van der Waals surface area (Å²) in [4.78, 5) is 2.72. The molecule has 0 radical (unpaired) electrons. The molecule has 7 nitrogen and oxygen atoms in total. The van der Waals surface area contributed by atoms with Crippen molar-refractivity contribution in [1.29, 1.82) is 0 Å². The quantitative estimate of drug-likeness (QED) is 0.296. The Morgan fingerprint density at radius 1 is 0.971 bits per heavy atom. The molecule has 0 fully saturated rings. The zero-order chi connectivity index (χ0) is 24.3. The zero-order valence-electron chi connectivity index (χ0n) is 17.2. The predicted octanol–water partition coefficient (Wildman–Crippen LogP) is 5.85. The van der Waals surface area contributed by atoms with Gasteiger partial charge in [0.15, 0.2) is 5.88 Å². The number of thiophene rings is 1. The Morgan fingerprint density at radius 2 is 1.74 bits per heavy atom. The molecule has 0 saturated heterocycles. The van der Waals surface area contributed by atoms with Crippen LogP contribution in [0.3, 0.4) is 0 Å². The van der Waals surface area contributed by atoms with Crippen LogP contribution in [-0.4, -0.2) is 31.8 Å². The van der Waals surface area contributed by atoms with E-state index in [9.17, 15) is 25.9 Å². The molecule has 5 rings (SSSR count). The topological polar surface area (TPSA) is 112 Å². The van der Waals surface area contributed by atoms with Crippen LogP contribution < -0.4 is 4.90 Å². The summed E-state index contributed by atoms with van der Waals surface area (Å²) >= 11 is 8.73. The minimum absolute atomic E-state index is 0.404. The van der Waals surface area contributed by atoms with Gasteiger partial charge in [-0.3, -0.25) is 9.11 Å². The zero-order valence-corrected chi connectivity index (χ0v) is 21.2. The van der Waals surface area contributed by atoms with Crippen molar-refractivity contribution in [1.82, 2.24) is 0 Å². The van der Waals surface area contributed by atoms with E-state index in [2.05, 4.69) is 0 Å². The summed E-state index contributed by atoms with van der Waals surface area (Å²) in [6, 6.07) is 16.4. The monoisotopic (exact) mass is 553 g/mol. The third kappa shape index (κ3) is 4.69. The first-order valence-corrected chi connectivity index (χ1v) is 15.0. The van der Waals surface area contributed by atoms with Crippen molar-refractivity contribution >= 4 is 87.6 Å². The summed E-state index contributed by atoms with van der Waals surface area (Å²) in [5.74, 6) is -1.29. The smallest absolute Gasteiger partial charge is 0.283 e. The van der Waals surface area contributed by atoms with E-state index in [0.717, 1.165) is 25.8 Å². The SMILES string of the molecule is O=S(=O)(O)Cc1c(/C=C2\Sc3ccc(Cl)cc3N2CS(=O)(=O)O)sc2ccc3ccccc3c12. The maximum atomic E-state index is 11.9. The number of thioether (sulfide) groups is 1. The van der Waals surface area contributed by atoms with Crippen molar-refractivity contribution < 1.29 is 25.9 Å². The maximum Gasteiger partial charge on any atom is 0.283 e. The van der Waals surface area contributed by atoms with Crippen molar-refractivity contribution in [3.8, 4) is 0 Å². The molecule has 2 heterocycles. The minimum atomic E-state index is -4.38. The fraction of sp³-hybridized carbons (Fsp3) is 0.0909. The standard InChI is InChI=1S/C22H16ClNO6S4/c23-14-6-8-18-17(9-14)24(12-34(28,29)30)21(32-18)10-20-16(11-33(25,26)27)22-15-4-2-1-3-13(15)5-7-19(22)31-20/h1-10H,11-12H2,(H,25,26,27)(H,28,29,30)/b21-10-. The van der Waals surface area contributed by atoms with E-state index in [0.29, 0.717) is 26.2 Å².